The van der Waals surface area contributed by atoms with E-state index in [9.17, 15) is 59.4 Å². The fourth-order valence-electron chi connectivity index (χ4n) is 5.24. The largest absolute Gasteiger partial charge is 2.00 e. The SMILES string of the molecule is CCCCCCCC(=O)[O-].CCCCCCCC(=O)[O-].CCCCCCCC(=O)[O-].CCCCCCCC(=O)[O-].CCCCCCCC(=O)[O-].CCCCCCCC(=O)[O-].[Zn+2].[Zn+2].[Zn+2]. The molecule has 15 heteroatoms. The van der Waals surface area contributed by atoms with E-state index in [1.165, 1.54) is 77.0 Å². The van der Waals surface area contributed by atoms with E-state index in [1.807, 2.05) is 0 Å². The van der Waals surface area contributed by atoms with Crippen molar-refractivity contribution < 1.29 is 118 Å². The monoisotopic (exact) mass is 1050 g/mol. The Labute approximate surface area is 423 Å². The molecule has 0 radical (unpaired) electrons. The van der Waals surface area contributed by atoms with Gasteiger partial charge in [0.1, 0.15) is 0 Å². The zero-order valence-electron chi connectivity index (χ0n) is 41.5. The third kappa shape index (κ3) is 126. The molecule has 0 saturated carbocycles. The summed E-state index contributed by atoms with van der Waals surface area (Å²) in [5.41, 5.74) is 0. The van der Waals surface area contributed by atoms with Gasteiger partial charge in [0.2, 0.25) is 0 Å². The van der Waals surface area contributed by atoms with E-state index in [0.29, 0.717) is 0 Å². The van der Waals surface area contributed by atoms with Crippen LogP contribution in [0.1, 0.15) is 273 Å². The maximum Gasteiger partial charge on any atom is 2.00 e. The molecule has 360 valence electrons. The minimum atomic E-state index is -0.920. The van der Waals surface area contributed by atoms with Gasteiger partial charge >= 0.3 is 58.4 Å². The van der Waals surface area contributed by atoms with Crippen molar-refractivity contribution in [3.05, 3.63) is 0 Å². The standard InChI is InChI=1S/6C8H16O2.3Zn/c6*1-2-3-4-5-6-7-8(9)10;;;/h6*2-7H2,1H3,(H,9,10);;;/q;;;;;;3*+2/p-6. The van der Waals surface area contributed by atoms with Crippen LogP contribution in [0.2, 0.25) is 0 Å². The van der Waals surface area contributed by atoms with Crippen LogP contribution in [0.3, 0.4) is 0 Å². The average molecular weight is 1060 g/mol. The molecule has 0 aromatic carbocycles. The summed E-state index contributed by atoms with van der Waals surface area (Å²) in [6.45, 7) is 12.8. The number of hydrogen-bond donors (Lipinski definition) is 0. The van der Waals surface area contributed by atoms with E-state index < -0.39 is 35.8 Å². The molecule has 0 N–H and O–H groups in total. The molecule has 0 saturated heterocycles. The summed E-state index contributed by atoms with van der Waals surface area (Å²) in [6, 6.07) is 0. The minimum Gasteiger partial charge on any atom is -0.550 e. The van der Waals surface area contributed by atoms with Crippen molar-refractivity contribution in [1.82, 2.24) is 0 Å². The van der Waals surface area contributed by atoms with Crippen LogP contribution < -0.4 is 30.6 Å². The zero-order chi connectivity index (χ0) is 46.9. The Morgan fingerprint density at radius 1 is 0.206 bits per heavy atom. The molecule has 63 heavy (non-hydrogen) atoms. The van der Waals surface area contributed by atoms with Crippen molar-refractivity contribution in [3.8, 4) is 0 Å². The Morgan fingerprint density at radius 3 is 0.381 bits per heavy atom. The van der Waals surface area contributed by atoms with Crippen molar-refractivity contribution in [2.75, 3.05) is 0 Å². The van der Waals surface area contributed by atoms with Gasteiger partial charge in [0.15, 0.2) is 0 Å². The van der Waals surface area contributed by atoms with Gasteiger partial charge in [0.05, 0.1) is 0 Å². The van der Waals surface area contributed by atoms with Crippen LogP contribution in [-0.2, 0) is 87.2 Å². The van der Waals surface area contributed by atoms with Gasteiger partial charge in [-0.2, -0.15) is 0 Å². The number of carbonyl (C=O) groups excluding carboxylic acids is 6. The molecule has 0 aliphatic rings. The maximum atomic E-state index is 9.92. The maximum absolute atomic E-state index is 9.92. The van der Waals surface area contributed by atoms with Crippen LogP contribution >= 0.6 is 0 Å². The molecule has 0 fully saturated rings. The Balaban J connectivity index is -0.0000000786. The average Bonchev–Trinajstić information content (AvgIpc) is 3.18. The Hall–Kier alpha value is -1.31. The summed E-state index contributed by atoms with van der Waals surface area (Å²) in [6.07, 6.45) is 33.6. The van der Waals surface area contributed by atoms with Crippen molar-refractivity contribution >= 4 is 35.8 Å². The second kappa shape index (κ2) is 77.9. The summed E-state index contributed by atoms with van der Waals surface area (Å²) in [5, 5.41) is 59.5. The fourth-order valence-corrected chi connectivity index (χ4v) is 5.24. The van der Waals surface area contributed by atoms with E-state index in [2.05, 4.69) is 41.5 Å². The molecule has 0 bridgehead atoms. The third-order valence-electron chi connectivity index (χ3n) is 8.91. The molecule has 12 nitrogen and oxygen atoms in total. The van der Waals surface area contributed by atoms with Crippen molar-refractivity contribution in [3.63, 3.8) is 0 Å². The summed E-state index contributed by atoms with van der Waals surface area (Å²) in [4.78, 5) is 59.5. The van der Waals surface area contributed by atoms with Gasteiger partial charge in [0, 0.05) is 35.8 Å². The summed E-state index contributed by atoms with van der Waals surface area (Å²) in [7, 11) is 0. The second-order valence-corrected chi connectivity index (χ2v) is 15.2. The normalized spacial score (nSPS) is 9.24. The van der Waals surface area contributed by atoms with Gasteiger partial charge in [-0.05, 0) is 77.0 Å². The number of hydrogen-bond acceptors (Lipinski definition) is 12. The van der Waals surface area contributed by atoms with Crippen LogP contribution in [0.25, 0.3) is 0 Å². The van der Waals surface area contributed by atoms with Crippen LogP contribution in [0.4, 0.5) is 0 Å². The van der Waals surface area contributed by atoms with Crippen LogP contribution in [-0.4, -0.2) is 35.8 Å². The Kier molecular flexibility index (Phi) is 101. The molecule has 0 spiro atoms. The predicted octanol–water partition coefficient (Wildman–Crippen LogP) is 6.57. The van der Waals surface area contributed by atoms with E-state index >= 15 is 0 Å². The molecule has 0 atom stereocenters. The topological polar surface area (TPSA) is 241 Å². The first-order valence-electron chi connectivity index (χ1n) is 23.8. The van der Waals surface area contributed by atoms with Gasteiger partial charge in [-0.1, -0.05) is 196 Å². The summed E-state index contributed by atoms with van der Waals surface area (Å²) in [5.74, 6) is -5.52. The van der Waals surface area contributed by atoms with Gasteiger partial charge in [-0.3, -0.25) is 0 Å². The summed E-state index contributed by atoms with van der Waals surface area (Å²) >= 11 is 0. The van der Waals surface area contributed by atoms with Crippen LogP contribution in [0.15, 0.2) is 0 Å². The molecule has 0 amide bonds. The number of carbonyl (C=O) groups is 6. The number of carboxylic acid groups (broad SMARTS) is 6. The quantitative estimate of drug-likeness (QED) is 0.0478. The molecule has 0 aromatic heterocycles. The Morgan fingerprint density at radius 2 is 0.302 bits per heavy atom. The molecular formula is C48H90O12Zn3. The van der Waals surface area contributed by atoms with Gasteiger partial charge in [0.25, 0.3) is 0 Å². The molecule has 0 aromatic rings. The summed E-state index contributed by atoms with van der Waals surface area (Å²) < 4.78 is 0. The third-order valence-corrected chi connectivity index (χ3v) is 8.91. The van der Waals surface area contributed by atoms with Crippen LogP contribution in [0, 0.1) is 0 Å². The number of carboxylic acids is 6. The number of unbranched alkanes of at least 4 members (excludes halogenated alkanes) is 24. The van der Waals surface area contributed by atoms with Gasteiger partial charge in [-0.25, -0.2) is 0 Å². The molecule has 0 aliphatic heterocycles. The first-order valence-corrected chi connectivity index (χ1v) is 23.8. The molecule has 0 unspecified atom stereocenters. The van der Waals surface area contributed by atoms with Crippen molar-refractivity contribution in [2.45, 2.75) is 273 Å². The second-order valence-electron chi connectivity index (χ2n) is 15.2. The molecule has 0 heterocycles. The zero-order valence-corrected chi connectivity index (χ0v) is 50.4. The van der Waals surface area contributed by atoms with Crippen molar-refractivity contribution in [2.24, 2.45) is 0 Å². The Bertz CT molecular complexity index is 739. The fraction of sp³-hybridized carbons (Fsp3) is 0.875. The smallest absolute Gasteiger partial charge is 0.550 e. The van der Waals surface area contributed by atoms with E-state index in [1.54, 1.807) is 0 Å². The molecule has 0 aliphatic carbocycles. The van der Waals surface area contributed by atoms with Gasteiger partial charge in [-0.15, -0.1) is 0 Å². The van der Waals surface area contributed by atoms with Crippen LogP contribution in [0.5, 0.6) is 0 Å². The first-order chi connectivity index (χ1) is 28.6. The van der Waals surface area contributed by atoms with E-state index in [0.717, 1.165) is 116 Å². The van der Waals surface area contributed by atoms with E-state index in [-0.39, 0.29) is 97.0 Å². The molecular weight excluding hydrogens is 965 g/mol. The number of rotatable bonds is 36. The molecule has 0 rings (SSSR count). The van der Waals surface area contributed by atoms with E-state index in [4.69, 9.17) is 0 Å². The predicted molar refractivity (Wildman–Crippen MR) is 230 cm³/mol. The van der Waals surface area contributed by atoms with Gasteiger partial charge < -0.3 is 59.4 Å². The first kappa shape index (κ1) is 81.8. The minimum absolute atomic E-state index is 0. The number of aliphatic carboxylic acids is 6. The van der Waals surface area contributed by atoms with Crippen molar-refractivity contribution in [1.29, 1.82) is 0 Å².